The second-order valence-corrected chi connectivity index (χ2v) is 6.35. The van der Waals surface area contributed by atoms with Crippen LogP contribution in [0, 0.1) is 0 Å². The summed E-state index contributed by atoms with van der Waals surface area (Å²) in [6, 6.07) is 6.67. The van der Waals surface area contributed by atoms with Gasteiger partial charge in [-0.3, -0.25) is 9.58 Å². The molecule has 1 atom stereocenters. The Morgan fingerprint density at radius 1 is 1.38 bits per heavy atom. The first kappa shape index (κ1) is 17.3. The van der Waals surface area contributed by atoms with Gasteiger partial charge in [0.1, 0.15) is 0 Å². The van der Waals surface area contributed by atoms with Crippen LogP contribution in [-0.2, 0) is 24.2 Å². The number of halogens is 1. The molecule has 1 aromatic heterocycles. The maximum atomic E-state index is 5.97. The predicted octanol–water partition coefficient (Wildman–Crippen LogP) is 2.87. The summed E-state index contributed by atoms with van der Waals surface area (Å²) in [4.78, 5) is 2.49. The fraction of sp³-hybridized carbons (Fsp3) is 0.500. The number of rotatable bonds is 4. The first-order chi connectivity index (χ1) is 11.3. The summed E-state index contributed by atoms with van der Waals surface area (Å²) in [6.45, 7) is 7.75. The van der Waals surface area contributed by atoms with Gasteiger partial charge >= 0.3 is 0 Å². The van der Waals surface area contributed by atoms with Crippen LogP contribution in [0.2, 0.25) is 0 Å². The van der Waals surface area contributed by atoms with Gasteiger partial charge in [-0.15, -0.1) is 12.4 Å². The number of aromatic nitrogens is 2. The van der Waals surface area contributed by atoms with Crippen molar-refractivity contribution in [2.45, 2.75) is 32.5 Å². The van der Waals surface area contributed by atoms with Crippen molar-refractivity contribution >= 4 is 18.1 Å². The molecule has 2 aliphatic rings. The summed E-state index contributed by atoms with van der Waals surface area (Å²) < 4.78 is 7.94. The van der Waals surface area contributed by atoms with E-state index in [0.717, 1.165) is 45.8 Å². The monoisotopic (exact) mass is 348 g/mol. The van der Waals surface area contributed by atoms with Crippen molar-refractivity contribution in [3.8, 4) is 0 Å². The van der Waals surface area contributed by atoms with Gasteiger partial charge in [-0.25, -0.2) is 0 Å². The van der Waals surface area contributed by atoms with Crippen molar-refractivity contribution in [2.24, 2.45) is 0 Å². The highest BCUT2D eigenvalue weighted by Gasteiger charge is 2.24. The van der Waals surface area contributed by atoms with Crippen LogP contribution in [0.15, 0.2) is 30.6 Å². The molecule has 0 saturated carbocycles. The van der Waals surface area contributed by atoms with Crippen LogP contribution in [0.1, 0.15) is 29.7 Å². The Kier molecular flexibility index (Phi) is 5.43. The van der Waals surface area contributed by atoms with Crippen LogP contribution >= 0.6 is 12.4 Å². The fourth-order valence-electron chi connectivity index (χ4n) is 3.55. The summed E-state index contributed by atoms with van der Waals surface area (Å²) in [7, 11) is 0. The number of benzene rings is 1. The molecule has 0 spiro atoms. The van der Waals surface area contributed by atoms with E-state index in [1.807, 2.05) is 10.9 Å². The molecule has 0 radical (unpaired) electrons. The lowest BCUT2D eigenvalue weighted by atomic mass is 10.1. The Morgan fingerprint density at radius 3 is 3.12 bits per heavy atom. The van der Waals surface area contributed by atoms with Crippen LogP contribution in [0.5, 0.6) is 0 Å². The fourth-order valence-corrected chi connectivity index (χ4v) is 3.55. The van der Waals surface area contributed by atoms with Crippen LogP contribution in [0.3, 0.4) is 0 Å². The highest BCUT2D eigenvalue weighted by atomic mass is 35.5. The standard InChI is InChI=1S/C18H24N4O.ClH/c1-2-22-12-16(10-20-22)17-13-21(8-9-23-17)11-15-5-3-4-14-6-7-19-18(14)15;/h3-5,10,12,17,19H,2,6-9,11,13H2,1H3;1H. The van der Waals surface area contributed by atoms with Crippen LogP contribution in [0.4, 0.5) is 5.69 Å². The zero-order valence-electron chi connectivity index (χ0n) is 14.1. The van der Waals surface area contributed by atoms with E-state index in [4.69, 9.17) is 4.74 Å². The number of morpholine rings is 1. The molecule has 5 nitrogen and oxygen atoms in total. The van der Waals surface area contributed by atoms with E-state index in [-0.39, 0.29) is 18.5 Å². The number of anilines is 1. The number of hydrogen-bond acceptors (Lipinski definition) is 4. The Hall–Kier alpha value is -1.56. The predicted molar refractivity (Wildman–Crippen MR) is 97.8 cm³/mol. The highest BCUT2D eigenvalue weighted by Crippen LogP contribution is 2.29. The molecule has 6 heteroatoms. The van der Waals surface area contributed by atoms with Crippen molar-refractivity contribution in [1.29, 1.82) is 0 Å². The SMILES string of the molecule is CCn1cc(C2CN(Cc3cccc4c3NCC4)CCO2)cn1.Cl. The molecule has 1 fully saturated rings. The minimum atomic E-state index is 0. The maximum absolute atomic E-state index is 5.97. The largest absolute Gasteiger partial charge is 0.384 e. The van der Waals surface area contributed by atoms with Gasteiger partial charge in [0.2, 0.25) is 0 Å². The molecule has 1 unspecified atom stereocenters. The van der Waals surface area contributed by atoms with Gasteiger partial charge in [0.15, 0.2) is 0 Å². The third-order valence-corrected chi connectivity index (χ3v) is 4.83. The molecule has 4 rings (SSSR count). The van der Waals surface area contributed by atoms with E-state index in [1.165, 1.54) is 22.4 Å². The number of hydrogen-bond donors (Lipinski definition) is 1. The van der Waals surface area contributed by atoms with Crippen molar-refractivity contribution in [3.05, 3.63) is 47.3 Å². The first-order valence-electron chi connectivity index (χ1n) is 8.54. The van der Waals surface area contributed by atoms with Gasteiger partial charge < -0.3 is 10.1 Å². The van der Waals surface area contributed by atoms with E-state index in [2.05, 4.69) is 46.6 Å². The Balaban J connectivity index is 0.00000169. The Bertz CT molecular complexity index is 687. The minimum Gasteiger partial charge on any atom is -0.384 e. The molecule has 130 valence electrons. The number of para-hydroxylation sites is 1. The number of nitrogens with zero attached hydrogens (tertiary/aromatic N) is 3. The van der Waals surface area contributed by atoms with E-state index in [9.17, 15) is 0 Å². The zero-order chi connectivity index (χ0) is 15.6. The lowest BCUT2D eigenvalue weighted by Gasteiger charge is -2.33. The smallest absolute Gasteiger partial charge is 0.0982 e. The average molecular weight is 349 g/mol. The zero-order valence-corrected chi connectivity index (χ0v) is 14.9. The normalized spacial score (nSPS) is 20.3. The van der Waals surface area contributed by atoms with Crippen LogP contribution < -0.4 is 5.32 Å². The van der Waals surface area contributed by atoms with Crippen LogP contribution in [0.25, 0.3) is 0 Å². The Labute approximate surface area is 149 Å². The van der Waals surface area contributed by atoms with E-state index in [1.54, 1.807) is 0 Å². The molecule has 1 N–H and O–H groups in total. The third kappa shape index (κ3) is 3.43. The molecule has 2 aromatic rings. The molecule has 0 aliphatic carbocycles. The Morgan fingerprint density at radius 2 is 2.29 bits per heavy atom. The molecular weight excluding hydrogens is 324 g/mol. The highest BCUT2D eigenvalue weighted by molar-refractivity contribution is 5.85. The van der Waals surface area contributed by atoms with Gasteiger partial charge in [-0.05, 0) is 24.5 Å². The lowest BCUT2D eigenvalue weighted by Crippen LogP contribution is -2.37. The average Bonchev–Trinajstić information content (AvgIpc) is 3.25. The molecule has 3 heterocycles. The van der Waals surface area contributed by atoms with Crippen molar-refractivity contribution in [1.82, 2.24) is 14.7 Å². The van der Waals surface area contributed by atoms with Crippen molar-refractivity contribution in [2.75, 3.05) is 31.6 Å². The molecule has 0 bridgehead atoms. The van der Waals surface area contributed by atoms with E-state index < -0.39 is 0 Å². The number of aryl methyl sites for hydroxylation is 1. The number of fused-ring (bicyclic) bond motifs is 1. The number of ether oxygens (including phenoxy) is 1. The summed E-state index contributed by atoms with van der Waals surface area (Å²) >= 11 is 0. The quantitative estimate of drug-likeness (QED) is 0.922. The molecule has 1 saturated heterocycles. The van der Waals surface area contributed by atoms with E-state index >= 15 is 0 Å². The van der Waals surface area contributed by atoms with Gasteiger partial charge in [0.25, 0.3) is 0 Å². The summed E-state index contributed by atoms with van der Waals surface area (Å²) in [5.41, 5.74) is 5.41. The lowest BCUT2D eigenvalue weighted by molar-refractivity contribution is -0.0329. The third-order valence-electron chi connectivity index (χ3n) is 4.83. The summed E-state index contributed by atoms with van der Waals surface area (Å²) in [5.74, 6) is 0. The minimum absolute atomic E-state index is 0. The number of nitrogens with one attached hydrogen (secondary N) is 1. The molecule has 24 heavy (non-hydrogen) atoms. The first-order valence-corrected chi connectivity index (χ1v) is 8.54. The van der Waals surface area contributed by atoms with Crippen LogP contribution in [-0.4, -0.2) is 40.9 Å². The molecular formula is C18H25ClN4O. The van der Waals surface area contributed by atoms with Gasteiger partial charge in [-0.1, -0.05) is 18.2 Å². The summed E-state index contributed by atoms with van der Waals surface area (Å²) in [5, 5.41) is 7.92. The molecule has 0 amide bonds. The second-order valence-electron chi connectivity index (χ2n) is 6.35. The maximum Gasteiger partial charge on any atom is 0.0982 e. The van der Waals surface area contributed by atoms with Gasteiger partial charge in [0.05, 0.1) is 18.9 Å². The van der Waals surface area contributed by atoms with Crippen molar-refractivity contribution in [3.63, 3.8) is 0 Å². The molecule has 2 aliphatic heterocycles. The van der Waals surface area contributed by atoms with Gasteiger partial charge in [0, 0.05) is 50.2 Å². The van der Waals surface area contributed by atoms with E-state index in [0.29, 0.717) is 0 Å². The second kappa shape index (κ2) is 7.55. The summed E-state index contributed by atoms with van der Waals surface area (Å²) in [6.07, 6.45) is 5.33. The molecule has 1 aromatic carbocycles. The topological polar surface area (TPSA) is 42.3 Å². The van der Waals surface area contributed by atoms with Crippen molar-refractivity contribution < 1.29 is 4.74 Å². The van der Waals surface area contributed by atoms with Gasteiger partial charge in [-0.2, -0.15) is 5.10 Å².